The second kappa shape index (κ2) is 4.56. The van der Waals surface area contributed by atoms with Crippen molar-refractivity contribution >= 4 is 35.7 Å². The lowest BCUT2D eigenvalue weighted by Gasteiger charge is -2.34. The molecule has 4 aliphatic rings. The largest absolute Gasteiger partial charge is 0.0879 e. The van der Waals surface area contributed by atoms with Crippen LogP contribution >= 0.6 is 12.1 Å². The number of rotatable bonds is 1. The van der Waals surface area contributed by atoms with E-state index in [1.807, 2.05) is 0 Å². The Morgan fingerprint density at radius 2 is 0.917 bits per heavy atom. The summed E-state index contributed by atoms with van der Waals surface area (Å²) in [7, 11) is 0. The molecule has 4 bridgehead atoms. The zero-order valence-electron chi connectivity index (χ0n) is 16.1. The van der Waals surface area contributed by atoms with E-state index in [2.05, 4.69) is 55.4 Å². The molecule has 0 saturated heterocycles. The Morgan fingerprint density at radius 3 is 1.17 bits per heavy atom. The van der Waals surface area contributed by atoms with E-state index >= 15 is 0 Å². The quantitative estimate of drug-likeness (QED) is 0.433. The lowest BCUT2D eigenvalue weighted by atomic mass is 9.76. The summed E-state index contributed by atoms with van der Waals surface area (Å²) in [4.78, 5) is 0. The van der Waals surface area contributed by atoms with E-state index in [0.29, 0.717) is 0 Å². The van der Waals surface area contributed by atoms with Gasteiger partial charge in [0, 0.05) is 22.9 Å². The van der Waals surface area contributed by atoms with Crippen LogP contribution in [0.2, 0.25) is 0 Å². The molecular formula is C20H28P2S2. The summed E-state index contributed by atoms with van der Waals surface area (Å²) in [6, 6.07) is -3.24. The van der Waals surface area contributed by atoms with Crippen LogP contribution in [0.1, 0.15) is 55.4 Å². The van der Waals surface area contributed by atoms with Crippen molar-refractivity contribution in [3.8, 4) is 0 Å². The third kappa shape index (κ3) is 1.56. The molecule has 0 fully saturated rings. The van der Waals surface area contributed by atoms with Gasteiger partial charge in [-0.25, -0.2) is 0 Å². The topological polar surface area (TPSA) is 0 Å². The highest BCUT2D eigenvalue weighted by molar-refractivity contribution is 8.22. The summed E-state index contributed by atoms with van der Waals surface area (Å²) in [5.74, 6) is 0. The summed E-state index contributed by atoms with van der Waals surface area (Å²) in [5.41, 5.74) is 6.64. The van der Waals surface area contributed by atoms with Crippen LogP contribution in [-0.4, -0.2) is 12.3 Å². The number of allylic oxidation sites excluding steroid dienone is 8. The first-order chi connectivity index (χ1) is 10.9. The van der Waals surface area contributed by atoms with Gasteiger partial charge in [0.05, 0.1) is 0 Å². The van der Waals surface area contributed by atoms with Crippen molar-refractivity contribution < 1.29 is 0 Å². The van der Waals surface area contributed by atoms with Crippen LogP contribution in [0.5, 0.6) is 0 Å². The molecule has 2 unspecified atom stereocenters. The Kier molecular flexibility index (Phi) is 3.36. The van der Waals surface area contributed by atoms with Crippen molar-refractivity contribution in [1.29, 1.82) is 0 Å². The van der Waals surface area contributed by atoms with Gasteiger partial charge in [-0.3, -0.25) is 0 Å². The van der Waals surface area contributed by atoms with Gasteiger partial charge in [-0.05, 0) is 75.1 Å². The molecule has 0 saturated carbocycles. The SMILES string of the molecule is CC1=C(C)P2(=S)C[C@]1(C)C(C)=C2C1=C(C)[C@]2(C)CP1(=S)C(C)=C2C. The lowest BCUT2D eigenvalue weighted by Crippen LogP contribution is -2.19. The highest BCUT2D eigenvalue weighted by atomic mass is 32.4. The molecule has 0 nitrogen and oxygen atoms in total. The molecule has 0 aromatic carbocycles. The van der Waals surface area contributed by atoms with Gasteiger partial charge in [0.15, 0.2) is 0 Å². The first-order valence-corrected chi connectivity index (χ1v) is 14.8. The van der Waals surface area contributed by atoms with E-state index in [4.69, 9.17) is 23.6 Å². The predicted octanol–water partition coefficient (Wildman–Crippen LogP) is 7.15. The summed E-state index contributed by atoms with van der Waals surface area (Å²) in [6.45, 7) is 18.9. The zero-order valence-corrected chi connectivity index (χ0v) is 19.5. The van der Waals surface area contributed by atoms with E-state index < -0.39 is 12.1 Å². The molecule has 4 atom stereocenters. The summed E-state index contributed by atoms with van der Waals surface area (Å²) in [6.07, 6.45) is 2.36. The maximum absolute atomic E-state index is 6.46. The van der Waals surface area contributed by atoms with Gasteiger partial charge >= 0.3 is 0 Å². The molecule has 0 aromatic rings. The summed E-state index contributed by atoms with van der Waals surface area (Å²) >= 11 is 12.9. The van der Waals surface area contributed by atoms with Crippen molar-refractivity contribution in [1.82, 2.24) is 0 Å². The zero-order chi connectivity index (χ0) is 18.0. The molecular weight excluding hydrogens is 366 g/mol. The molecule has 130 valence electrons. The smallest absolute Gasteiger partial charge is 0.0155 e. The summed E-state index contributed by atoms with van der Waals surface area (Å²) in [5, 5.41) is 6.24. The predicted molar refractivity (Wildman–Crippen MR) is 117 cm³/mol. The molecule has 0 aliphatic carbocycles. The molecule has 4 rings (SSSR count). The maximum atomic E-state index is 6.46. The normalized spacial score (nSPS) is 47.2. The highest BCUT2D eigenvalue weighted by Crippen LogP contribution is 2.88. The standard InChI is InChI=1S/C20H28P2S2/c1-11-15(5)21(23)9-19(11,7)13(3)17(21)18-14(4)20(8)10-22(18,24)16(6)12(20)2/h9-10H2,1-8H3/t19-,20+,21?,22?. The van der Waals surface area contributed by atoms with Crippen LogP contribution in [0, 0.1) is 10.8 Å². The van der Waals surface area contributed by atoms with Crippen molar-refractivity contribution in [2.75, 3.05) is 12.3 Å². The fourth-order valence-corrected chi connectivity index (χ4v) is 19.3. The third-order valence-corrected chi connectivity index (χ3v) is 19.5. The first-order valence-electron chi connectivity index (χ1n) is 8.85. The van der Waals surface area contributed by atoms with E-state index in [-0.39, 0.29) is 10.8 Å². The van der Waals surface area contributed by atoms with Gasteiger partial charge in [-0.2, -0.15) is 0 Å². The lowest BCUT2D eigenvalue weighted by molar-refractivity contribution is 0.557. The Balaban J connectivity index is 2.05. The van der Waals surface area contributed by atoms with Crippen LogP contribution in [0.15, 0.2) is 43.5 Å². The Morgan fingerprint density at radius 1 is 0.625 bits per heavy atom. The minimum Gasteiger partial charge on any atom is -0.0879 e. The maximum Gasteiger partial charge on any atom is 0.0155 e. The second-order valence-corrected chi connectivity index (χ2v) is 18.4. The minimum atomic E-state index is -1.62. The molecule has 4 heterocycles. The Labute approximate surface area is 157 Å². The van der Waals surface area contributed by atoms with Gasteiger partial charge < -0.3 is 0 Å². The molecule has 0 radical (unpaired) electrons. The van der Waals surface area contributed by atoms with E-state index in [1.54, 1.807) is 32.9 Å². The van der Waals surface area contributed by atoms with Crippen molar-refractivity contribution in [3.05, 3.63) is 43.5 Å². The molecule has 0 spiro atoms. The fourth-order valence-electron chi connectivity index (χ4n) is 5.76. The summed E-state index contributed by atoms with van der Waals surface area (Å²) < 4.78 is 0. The Bertz CT molecular complexity index is 878. The average Bonchev–Trinajstić information content (AvgIpc) is 2.98. The molecule has 0 N–H and O–H groups in total. The van der Waals surface area contributed by atoms with Crippen molar-refractivity contribution in [3.63, 3.8) is 0 Å². The van der Waals surface area contributed by atoms with E-state index in [0.717, 1.165) is 0 Å². The van der Waals surface area contributed by atoms with Gasteiger partial charge in [-0.15, -0.1) is 0 Å². The van der Waals surface area contributed by atoms with E-state index in [9.17, 15) is 0 Å². The van der Waals surface area contributed by atoms with Gasteiger partial charge in [0.25, 0.3) is 0 Å². The molecule has 24 heavy (non-hydrogen) atoms. The monoisotopic (exact) mass is 394 g/mol. The average molecular weight is 395 g/mol. The van der Waals surface area contributed by atoms with Crippen molar-refractivity contribution in [2.45, 2.75) is 55.4 Å². The van der Waals surface area contributed by atoms with Crippen LogP contribution in [0.4, 0.5) is 0 Å². The highest BCUT2D eigenvalue weighted by Gasteiger charge is 2.59. The fraction of sp³-hybridized carbons (Fsp3) is 0.600. The number of hydrogen-bond donors (Lipinski definition) is 0. The number of fused-ring (bicyclic) bond motifs is 4. The molecule has 4 aliphatic heterocycles. The molecule has 0 aromatic heterocycles. The second-order valence-electron chi connectivity index (χ2n) is 8.83. The molecule has 0 amide bonds. The molecule has 4 heteroatoms. The third-order valence-electron chi connectivity index (χ3n) is 8.21. The van der Waals surface area contributed by atoms with Gasteiger partial charge in [0.1, 0.15) is 0 Å². The van der Waals surface area contributed by atoms with Crippen LogP contribution in [0.25, 0.3) is 0 Å². The van der Waals surface area contributed by atoms with Crippen LogP contribution in [0.3, 0.4) is 0 Å². The van der Waals surface area contributed by atoms with Crippen molar-refractivity contribution in [2.24, 2.45) is 10.8 Å². The van der Waals surface area contributed by atoms with Gasteiger partial charge in [-0.1, -0.05) is 59.8 Å². The number of hydrogen-bond acceptors (Lipinski definition) is 2. The minimum absolute atomic E-state index is 0.202. The van der Waals surface area contributed by atoms with Gasteiger partial charge in [0.2, 0.25) is 0 Å². The van der Waals surface area contributed by atoms with Crippen LogP contribution in [-0.2, 0) is 23.6 Å². The van der Waals surface area contributed by atoms with Crippen LogP contribution < -0.4 is 0 Å². The Hall–Kier alpha value is 0.260. The van der Waals surface area contributed by atoms with E-state index in [1.165, 1.54) is 23.0 Å². The first kappa shape index (κ1) is 17.7.